The quantitative estimate of drug-likeness (QED) is 0.523. The largest absolute Gasteiger partial charge is 0.417 e. The average Bonchev–Trinajstić information content (AvgIpc) is 2.67. The average molecular weight is 366 g/mol. The van der Waals surface area contributed by atoms with Crippen LogP contribution in [0.3, 0.4) is 0 Å². The Morgan fingerprint density at radius 3 is 2.48 bits per heavy atom. The number of fused-ring (bicyclic) bond motifs is 1. The Kier molecular flexibility index (Phi) is 4.19. The van der Waals surface area contributed by atoms with Crippen molar-refractivity contribution < 1.29 is 13.2 Å². The molecule has 3 aromatic heterocycles. The Morgan fingerprint density at radius 2 is 1.70 bits per heavy atom. The first-order chi connectivity index (χ1) is 13.0. The van der Waals surface area contributed by atoms with Gasteiger partial charge < -0.3 is 5.32 Å². The lowest BCUT2D eigenvalue weighted by molar-refractivity contribution is -0.137. The van der Waals surface area contributed by atoms with Crippen molar-refractivity contribution in [3.63, 3.8) is 0 Å². The molecule has 0 radical (unpaired) electrons. The highest BCUT2D eigenvalue weighted by atomic mass is 19.4. The maximum atomic E-state index is 12.6. The Labute approximate surface area is 152 Å². The summed E-state index contributed by atoms with van der Waals surface area (Å²) in [4.78, 5) is 12.5. The van der Waals surface area contributed by atoms with Crippen molar-refractivity contribution in [2.24, 2.45) is 0 Å². The third kappa shape index (κ3) is 3.72. The van der Waals surface area contributed by atoms with Crippen molar-refractivity contribution >= 4 is 22.4 Å². The van der Waals surface area contributed by atoms with Crippen LogP contribution in [0.4, 0.5) is 24.7 Å². The first-order valence-electron chi connectivity index (χ1n) is 8.10. The molecule has 0 aliphatic carbocycles. The Hall–Kier alpha value is -3.48. The lowest BCUT2D eigenvalue weighted by atomic mass is 10.1. The number of benzene rings is 1. The lowest BCUT2D eigenvalue weighted by Crippen LogP contribution is -2.05. The summed E-state index contributed by atoms with van der Waals surface area (Å²) in [6, 6.07) is 15.5. The second-order valence-corrected chi connectivity index (χ2v) is 5.90. The fourth-order valence-corrected chi connectivity index (χ4v) is 2.68. The standard InChI is InChI=1S/C20H13F3N4/c21-20(22,23)15-5-6-19(26-12-15)27-16-7-9-25-18(11-16)14-4-3-13-2-1-8-24-17(13)10-14/h1-12H,(H,25,26,27). The van der Waals surface area contributed by atoms with Crippen LogP contribution in [-0.2, 0) is 6.18 Å². The molecule has 0 fully saturated rings. The summed E-state index contributed by atoms with van der Waals surface area (Å²) in [5, 5.41) is 4.03. The Morgan fingerprint density at radius 1 is 0.815 bits per heavy atom. The molecule has 134 valence electrons. The predicted molar refractivity (Wildman–Crippen MR) is 97.5 cm³/mol. The number of anilines is 2. The van der Waals surface area contributed by atoms with Gasteiger partial charge in [-0.25, -0.2) is 4.98 Å². The molecule has 1 aromatic carbocycles. The van der Waals surface area contributed by atoms with Crippen molar-refractivity contribution in [3.8, 4) is 11.3 Å². The molecule has 4 rings (SSSR count). The molecule has 0 aliphatic rings. The molecule has 0 aliphatic heterocycles. The van der Waals surface area contributed by atoms with E-state index in [9.17, 15) is 13.2 Å². The van der Waals surface area contributed by atoms with Crippen molar-refractivity contribution in [1.29, 1.82) is 0 Å². The molecule has 7 heteroatoms. The number of aromatic nitrogens is 3. The van der Waals surface area contributed by atoms with Crippen molar-refractivity contribution in [2.45, 2.75) is 6.18 Å². The van der Waals surface area contributed by atoms with Gasteiger partial charge in [0.2, 0.25) is 0 Å². The van der Waals surface area contributed by atoms with Gasteiger partial charge in [0, 0.05) is 35.2 Å². The SMILES string of the molecule is FC(F)(F)c1ccc(Nc2ccnc(-c3ccc4cccnc4c3)c2)nc1. The summed E-state index contributed by atoms with van der Waals surface area (Å²) in [7, 11) is 0. The van der Waals surface area contributed by atoms with Crippen LogP contribution < -0.4 is 5.32 Å². The van der Waals surface area contributed by atoms with E-state index < -0.39 is 11.7 Å². The molecule has 0 bridgehead atoms. The van der Waals surface area contributed by atoms with Crippen molar-refractivity contribution in [2.75, 3.05) is 5.32 Å². The van der Waals surface area contributed by atoms with E-state index in [1.54, 1.807) is 18.5 Å². The summed E-state index contributed by atoms with van der Waals surface area (Å²) in [6.07, 6.45) is -0.239. The highest BCUT2D eigenvalue weighted by Crippen LogP contribution is 2.29. The molecule has 0 spiro atoms. The van der Waals surface area contributed by atoms with Crippen LogP contribution in [-0.4, -0.2) is 15.0 Å². The number of halogens is 3. The minimum atomic E-state index is -4.40. The number of alkyl halides is 3. The summed E-state index contributed by atoms with van der Waals surface area (Å²) in [6.45, 7) is 0. The summed E-state index contributed by atoms with van der Waals surface area (Å²) in [5.41, 5.74) is 2.37. The summed E-state index contributed by atoms with van der Waals surface area (Å²) >= 11 is 0. The van der Waals surface area contributed by atoms with Gasteiger partial charge in [-0.3, -0.25) is 9.97 Å². The van der Waals surface area contributed by atoms with Gasteiger partial charge in [0.05, 0.1) is 16.8 Å². The zero-order chi connectivity index (χ0) is 18.9. The first-order valence-corrected chi connectivity index (χ1v) is 8.10. The molecular formula is C20H13F3N4. The first kappa shape index (κ1) is 17.0. The van der Waals surface area contributed by atoms with E-state index in [2.05, 4.69) is 20.3 Å². The molecule has 1 N–H and O–H groups in total. The lowest BCUT2D eigenvalue weighted by Gasteiger charge is -2.10. The molecule has 0 unspecified atom stereocenters. The van der Waals surface area contributed by atoms with E-state index in [1.807, 2.05) is 36.4 Å². The van der Waals surface area contributed by atoms with Crippen LogP contribution in [0.15, 0.2) is 73.2 Å². The maximum absolute atomic E-state index is 12.6. The highest BCUT2D eigenvalue weighted by molar-refractivity contribution is 5.83. The molecule has 0 saturated carbocycles. The monoisotopic (exact) mass is 366 g/mol. The molecule has 3 heterocycles. The number of nitrogens with one attached hydrogen (secondary N) is 1. The topological polar surface area (TPSA) is 50.7 Å². The van der Waals surface area contributed by atoms with Crippen LogP contribution in [0.1, 0.15) is 5.56 Å². The maximum Gasteiger partial charge on any atom is 0.417 e. The van der Waals surface area contributed by atoms with E-state index in [1.165, 1.54) is 6.07 Å². The number of pyridine rings is 3. The number of hydrogen-bond acceptors (Lipinski definition) is 4. The van der Waals surface area contributed by atoms with Gasteiger partial charge >= 0.3 is 6.18 Å². The fourth-order valence-electron chi connectivity index (χ4n) is 2.68. The zero-order valence-electron chi connectivity index (χ0n) is 13.9. The van der Waals surface area contributed by atoms with Gasteiger partial charge in [-0.05, 0) is 36.4 Å². The van der Waals surface area contributed by atoms with Gasteiger partial charge in [-0.15, -0.1) is 0 Å². The predicted octanol–water partition coefficient (Wildman–Crippen LogP) is 5.45. The molecule has 0 atom stereocenters. The van der Waals surface area contributed by atoms with E-state index in [4.69, 9.17) is 0 Å². The van der Waals surface area contributed by atoms with E-state index in [-0.39, 0.29) is 0 Å². The molecular weight excluding hydrogens is 353 g/mol. The smallest absolute Gasteiger partial charge is 0.340 e. The van der Waals surface area contributed by atoms with Gasteiger partial charge in [0.15, 0.2) is 0 Å². The Balaban J connectivity index is 1.60. The van der Waals surface area contributed by atoms with E-state index in [0.29, 0.717) is 11.5 Å². The molecule has 0 amide bonds. The van der Waals surface area contributed by atoms with Crippen LogP contribution in [0, 0.1) is 0 Å². The molecule has 0 saturated heterocycles. The third-order valence-electron chi connectivity index (χ3n) is 4.02. The van der Waals surface area contributed by atoms with E-state index in [0.717, 1.165) is 34.4 Å². The van der Waals surface area contributed by atoms with Crippen LogP contribution in [0.25, 0.3) is 22.2 Å². The highest BCUT2D eigenvalue weighted by Gasteiger charge is 2.30. The van der Waals surface area contributed by atoms with Gasteiger partial charge in [0.1, 0.15) is 5.82 Å². The fraction of sp³-hybridized carbons (Fsp3) is 0.0500. The van der Waals surface area contributed by atoms with Crippen LogP contribution in [0.5, 0.6) is 0 Å². The second-order valence-electron chi connectivity index (χ2n) is 5.90. The summed E-state index contributed by atoms with van der Waals surface area (Å²) in [5.74, 6) is 0.320. The Bertz CT molecular complexity index is 1090. The second kappa shape index (κ2) is 6.68. The van der Waals surface area contributed by atoms with Gasteiger partial charge in [-0.1, -0.05) is 18.2 Å². The minimum absolute atomic E-state index is 0.320. The van der Waals surface area contributed by atoms with Gasteiger partial charge in [-0.2, -0.15) is 13.2 Å². The number of hydrogen-bond donors (Lipinski definition) is 1. The van der Waals surface area contributed by atoms with Gasteiger partial charge in [0.25, 0.3) is 0 Å². The number of rotatable bonds is 3. The molecule has 4 aromatic rings. The van der Waals surface area contributed by atoms with E-state index >= 15 is 0 Å². The van der Waals surface area contributed by atoms with Crippen LogP contribution in [0.2, 0.25) is 0 Å². The molecule has 27 heavy (non-hydrogen) atoms. The third-order valence-corrected chi connectivity index (χ3v) is 4.02. The summed E-state index contributed by atoms with van der Waals surface area (Å²) < 4.78 is 37.9. The van der Waals surface area contributed by atoms with Crippen LogP contribution >= 0.6 is 0 Å². The molecule has 4 nitrogen and oxygen atoms in total. The normalized spacial score (nSPS) is 11.5. The van der Waals surface area contributed by atoms with Crippen molar-refractivity contribution in [1.82, 2.24) is 15.0 Å². The zero-order valence-corrected chi connectivity index (χ0v) is 13.9. The minimum Gasteiger partial charge on any atom is -0.340 e. The number of nitrogens with zero attached hydrogens (tertiary/aromatic N) is 3. The van der Waals surface area contributed by atoms with Crippen molar-refractivity contribution in [3.05, 3.63) is 78.8 Å².